The number of H-pyrrole nitrogens is 1. The topological polar surface area (TPSA) is 93.6 Å². The number of benzene rings is 2. The van der Waals surface area contributed by atoms with Crippen LogP contribution in [0.25, 0.3) is 11.1 Å². The summed E-state index contributed by atoms with van der Waals surface area (Å²) in [5.74, 6) is 0.310. The molecule has 124 valence electrons. The second-order valence-corrected chi connectivity index (χ2v) is 5.06. The highest BCUT2D eigenvalue weighted by Gasteiger charge is 2.07. The summed E-state index contributed by atoms with van der Waals surface area (Å²) in [4.78, 5) is 25.6. The zero-order valence-corrected chi connectivity index (χ0v) is 13.0. The Balaban J connectivity index is 1.55. The molecule has 1 amide bonds. The van der Waals surface area contributed by atoms with Crippen molar-refractivity contribution in [1.82, 2.24) is 10.3 Å². The van der Waals surface area contributed by atoms with E-state index in [2.05, 4.69) is 10.3 Å². The van der Waals surface area contributed by atoms with Gasteiger partial charge in [0.1, 0.15) is 0 Å². The average Bonchev–Trinajstić information content (AvgIpc) is 2.97. The van der Waals surface area contributed by atoms with Crippen LogP contribution < -0.4 is 20.5 Å². The van der Waals surface area contributed by atoms with Crippen molar-refractivity contribution < 1.29 is 18.7 Å². The van der Waals surface area contributed by atoms with Crippen molar-refractivity contribution in [2.75, 3.05) is 13.7 Å². The van der Waals surface area contributed by atoms with Crippen LogP contribution in [0.4, 0.5) is 0 Å². The zero-order chi connectivity index (χ0) is 16.9. The summed E-state index contributed by atoms with van der Waals surface area (Å²) < 4.78 is 15.5. The van der Waals surface area contributed by atoms with E-state index in [9.17, 15) is 9.59 Å². The standard InChI is InChI=1S/C17H16N2O5/c1-22-14-4-2-3-5-15(14)23-10-16(20)18-9-11-6-7-13-12(8-11)19-17(21)24-13/h2-8H,9-10H2,1H3,(H,18,20)(H,19,21). The highest BCUT2D eigenvalue weighted by atomic mass is 16.5. The predicted octanol–water partition coefficient (Wildman–Crippen LogP) is 1.82. The number of rotatable bonds is 6. The normalized spacial score (nSPS) is 10.5. The van der Waals surface area contributed by atoms with E-state index in [0.717, 1.165) is 5.56 Å². The number of methoxy groups -OCH3 is 1. The molecule has 1 aromatic heterocycles. The molecule has 1 heterocycles. The van der Waals surface area contributed by atoms with Crippen LogP contribution in [-0.2, 0) is 11.3 Å². The fourth-order valence-corrected chi connectivity index (χ4v) is 2.24. The molecule has 0 aliphatic heterocycles. The van der Waals surface area contributed by atoms with Crippen LogP contribution in [0.5, 0.6) is 11.5 Å². The Hall–Kier alpha value is -3.22. The molecule has 0 aliphatic carbocycles. The largest absolute Gasteiger partial charge is 0.493 e. The minimum Gasteiger partial charge on any atom is -0.493 e. The Labute approximate surface area is 137 Å². The molecule has 0 aliphatic rings. The molecule has 2 aromatic carbocycles. The summed E-state index contributed by atoms with van der Waals surface area (Å²) in [5, 5.41) is 2.75. The maximum atomic E-state index is 11.9. The lowest BCUT2D eigenvalue weighted by molar-refractivity contribution is -0.123. The van der Waals surface area contributed by atoms with Crippen molar-refractivity contribution in [2.45, 2.75) is 6.54 Å². The van der Waals surface area contributed by atoms with Crippen molar-refractivity contribution >= 4 is 17.0 Å². The second kappa shape index (κ2) is 6.91. The van der Waals surface area contributed by atoms with Crippen LogP contribution >= 0.6 is 0 Å². The van der Waals surface area contributed by atoms with Gasteiger partial charge in [-0.25, -0.2) is 4.79 Å². The first-order chi connectivity index (χ1) is 11.7. The van der Waals surface area contributed by atoms with Crippen LogP contribution in [0, 0.1) is 0 Å². The van der Waals surface area contributed by atoms with Gasteiger partial charge in [0.15, 0.2) is 23.7 Å². The number of nitrogens with one attached hydrogen (secondary N) is 2. The first kappa shape index (κ1) is 15.7. The maximum absolute atomic E-state index is 11.9. The van der Waals surface area contributed by atoms with Crippen LogP contribution in [0.3, 0.4) is 0 Å². The number of ether oxygens (including phenoxy) is 2. The van der Waals surface area contributed by atoms with E-state index in [-0.39, 0.29) is 12.5 Å². The Kier molecular flexibility index (Phi) is 4.51. The Morgan fingerprint density at radius 2 is 2.00 bits per heavy atom. The first-order valence-electron chi connectivity index (χ1n) is 7.30. The molecule has 0 unspecified atom stereocenters. The molecule has 7 nitrogen and oxygen atoms in total. The van der Waals surface area contributed by atoms with Gasteiger partial charge in [-0.2, -0.15) is 0 Å². The molecule has 0 atom stereocenters. The molecule has 2 N–H and O–H groups in total. The van der Waals surface area contributed by atoms with Gasteiger partial charge in [-0.3, -0.25) is 9.78 Å². The fraction of sp³-hybridized carbons (Fsp3) is 0.176. The van der Waals surface area contributed by atoms with Crippen molar-refractivity contribution in [3.63, 3.8) is 0 Å². The Bertz CT molecular complexity index is 912. The summed E-state index contributed by atoms with van der Waals surface area (Å²) in [7, 11) is 1.54. The van der Waals surface area contributed by atoms with Gasteiger partial charge in [-0.15, -0.1) is 0 Å². The number of oxazole rings is 1. The summed E-state index contributed by atoms with van der Waals surface area (Å²) in [5.41, 5.74) is 1.91. The number of para-hydroxylation sites is 2. The van der Waals surface area contributed by atoms with E-state index in [1.807, 2.05) is 6.07 Å². The number of carbonyl (C=O) groups excluding carboxylic acids is 1. The summed E-state index contributed by atoms with van der Waals surface area (Å²) >= 11 is 0. The molecular formula is C17H16N2O5. The second-order valence-electron chi connectivity index (χ2n) is 5.06. The number of aromatic amines is 1. The average molecular weight is 328 g/mol. The minimum atomic E-state index is -0.503. The molecule has 3 aromatic rings. The van der Waals surface area contributed by atoms with Crippen LogP contribution in [0.1, 0.15) is 5.56 Å². The number of amides is 1. The van der Waals surface area contributed by atoms with Gasteiger partial charge < -0.3 is 19.2 Å². The highest BCUT2D eigenvalue weighted by molar-refractivity contribution is 5.78. The molecule has 0 saturated heterocycles. The number of aromatic nitrogens is 1. The van der Waals surface area contributed by atoms with Crippen LogP contribution in [0.15, 0.2) is 51.7 Å². The van der Waals surface area contributed by atoms with E-state index in [0.29, 0.717) is 29.1 Å². The molecule has 0 radical (unpaired) electrons. The van der Waals surface area contributed by atoms with Gasteiger partial charge in [0.2, 0.25) is 0 Å². The summed E-state index contributed by atoms with van der Waals surface area (Å²) in [6, 6.07) is 12.3. The van der Waals surface area contributed by atoms with Gasteiger partial charge >= 0.3 is 5.76 Å². The van der Waals surface area contributed by atoms with E-state index in [4.69, 9.17) is 13.9 Å². The monoisotopic (exact) mass is 328 g/mol. The lowest BCUT2D eigenvalue weighted by atomic mass is 10.2. The van der Waals surface area contributed by atoms with Gasteiger partial charge in [0.25, 0.3) is 5.91 Å². The number of hydrogen-bond donors (Lipinski definition) is 2. The molecule has 0 saturated carbocycles. The van der Waals surface area contributed by atoms with Crippen LogP contribution in [0.2, 0.25) is 0 Å². The van der Waals surface area contributed by atoms with Gasteiger partial charge in [-0.1, -0.05) is 18.2 Å². The molecule has 3 rings (SSSR count). The minimum absolute atomic E-state index is 0.120. The number of carbonyl (C=O) groups is 1. The fourth-order valence-electron chi connectivity index (χ4n) is 2.24. The van der Waals surface area contributed by atoms with Crippen LogP contribution in [-0.4, -0.2) is 24.6 Å². The third kappa shape index (κ3) is 3.57. The van der Waals surface area contributed by atoms with E-state index in [1.165, 1.54) is 0 Å². The van der Waals surface area contributed by atoms with Crippen molar-refractivity contribution in [3.05, 3.63) is 58.6 Å². The molecule has 24 heavy (non-hydrogen) atoms. The van der Waals surface area contributed by atoms with E-state index >= 15 is 0 Å². The SMILES string of the molecule is COc1ccccc1OCC(=O)NCc1ccc2oc(=O)[nH]c2c1. The van der Waals surface area contributed by atoms with E-state index < -0.39 is 5.76 Å². The Morgan fingerprint density at radius 3 is 2.79 bits per heavy atom. The quantitative estimate of drug-likeness (QED) is 0.720. The van der Waals surface area contributed by atoms with Crippen molar-refractivity contribution in [3.8, 4) is 11.5 Å². The number of fused-ring (bicyclic) bond motifs is 1. The highest BCUT2D eigenvalue weighted by Crippen LogP contribution is 2.25. The Morgan fingerprint density at radius 1 is 1.21 bits per heavy atom. The van der Waals surface area contributed by atoms with Crippen molar-refractivity contribution in [1.29, 1.82) is 0 Å². The lowest BCUT2D eigenvalue weighted by Gasteiger charge is -2.10. The number of hydrogen-bond acceptors (Lipinski definition) is 5. The first-order valence-corrected chi connectivity index (χ1v) is 7.30. The van der Waals surface area contributed by atoms with Gasteiger partial charge in [-0.05, 0) is 29.8 Å². The zero-order valence-electron chi connectivity index (χ0n) is 13.0. The summed E-state index contributed by atoms with van der Waals surface area (Å²) in [6.07, 6.45) is 0. The summed E-state index contributed by atoms with van der Waals surface area (Å²) in [6.45, 7) is 0.197. The molecule has 0 spiro atoms. The molecule has 0 fully saturated rings. The molecule has 7 heteroatoms. The van der Waals surface area contributed by atoms with Gasteiger partial charge in [0.05, 0.1) is 12.6 Å². The van der Waals surface area contributed by atoms with E-state index in [1.54, 1.807) is 43.5 Å². The smallest absolute Gasteiger partial charge is 0.417 e. The predicted molar refractivity (Wildman–Crippen MR) is 87.2 cm³/mol. The molecular weight excluding hydrogens is 312 g/mol. The van der Waals surface area contributed by atoms with Crippen molar-refractivity contribution in [2.24, 2.45) is 0 Å². The third-order valence-corrected chi connectivity index (χ3v) is 3.40. The molecule has 0 bridgehead atoms. The third-order valence-electron chi connectivity index (χ3n) is 3.40. The maximum Gasteiger partial charge on any atom is 0.417 e. The lowest BCUT2D eigenvalue weighted by Crippen LogP contribution is -2.28. The van der Waals surface area contributed by atoms with Gasteiger partial charge in [0, 0.05) is 6.54 Å².